The van der Waals surface area contributed by atoms with Gasteiger partial charge in [-0.1, -0.05) is 0 Å². The molecule has 0 fully saturated rings. The van der Waals surface area contributed by atoms with Gasteiger partial charge in [-0.2, -0.15) is 0 Å². The van der Waals surface area contributed by atoms with Crippen LogP contribution in [-0.4, -0.2) is 17.5 Å². The summed E-state index contributed by atoms with van der Waals surface area (Å²) in [4.78, 5) is 12.2. The number of benzene rings is 1. The summed E-state index contributed by atoms with van der Waals surface area (Å²) in [6.07, 6.45) is 2.63. The largest absolute Gasteiger partial charge is 0.497 e. The number of nitrogens with zero attached hydrogens (tertiary/aromatic N) is 1. The number of Topliss-reactive ketones (excluding diaryl/α,β-unsaturated/α-hetero) is 1. The van der Waals surface area contributed by atoms with Gasteiger partial charge < -0.3 is 9.30 Å². The Hall–Kier alpha value is -1.77. The molecule has 1 aromatic heterocycles. The molecule has 1 heterocycles. The number of ketones is 1. The van der Waals surface area contributed by atoms with E-state index in [1.54, 1.807) is 7.11 Å². The van der Waals surface area contributed by atoms with Gasteiger partial charge in [-0.25, -0.2) is 0 Å². The van der Waals surface area contributed by atoms with Crippen LogP contribution in [-0.2, 0) is 13.5 Å². The molecule has 2 aromatic rings. The number of rotatable bonds is 1. The predicted molar refractivity (Wildman–Crippen MR) is 71.5 cm³/mol. The van der Waals surface area contributed by atoms with E-state index in [9.17, 15) is 4.79 Å². The summed E-state index contributed by atoms with van der Waals surface area (Å²) in [5, 5.41) is 1.05. The van der Waals surface area contributed by atoms with E-state index < -0.39 is 0 Å². The monoisotopic (exact) mass is 243 g/mol. The fourth-order valence-corrected chi connectivity index (χ4v) is 3.10. The second-order valence-corrected chi connectivity index (χ2v) is 5.00. The van der Waals surface area contributed by atoms with Gasteiger partial charge in [0, 0.05) is 30.1 Å². The van der Waals surface area contributed by atoms with Crippen molar-refractivity contribution in [2.75, 3.05) is 7.11 Å². The number of carbonyl (C=O) groups is 1. The van der Waals surface area contributed by atoms with Crippen LogP contribution in [0.3, 0.4) is 0 Å². The highest BCUT2D eigenvalue weighted by molar-refractivity contribution is 6.11. The molecule has 0 unspecified atom stereocenters. The highest BCUT2D eigenvalue weighted by Gasteiger charge is 2.25. The number of methoxy groups -OCH3 is 1. The van der Waals surface area contributed by atoms with Crippen LogP contribution in [0.15, 0.2) is 12.1 Å². The van der Waals surface area contributed by atoms with Crippen LogP contribution >= 0.6 is 0 Å². The van der Waals surface area contributed by atoms with E-state index in [1.165, 1.54) is 5.69 Å². The zero-order chi connectivity index (χ0) is 12.9. The summed E-state index contributed by atoms with van der Waals surface area (Å²) in [7, 11) is 3.72. The average Bonchev–Trinajstić information content (AvgIpc) is 2.65. The normalized spacial score (nSPS) is 14.9. The van der Waals surface area contributed by atoms with Crippen molar-refractivity contribution in [2.24, 2.45) is 7.05 Å². The molecule has 0 spiro atoms. The standard InChI is InChI=1S/C15H17NO2/c1-9-7-10(18-3)8-11-14-12(16(2)15(9)11)5-4-6-13(14)17/h7-8H,4-6H2,1-3H3. The number of carbonyl (C=O) groups excluding carboxylic acids is 1. The maximum absolute atomic E-state index is 12.2. The summed E-state index contributed by atoms with van der Waals surface area (Å²) < 4.78 is 7.50. The van der Waals surface area contributed by atoms with E-state index >= 15 is 0 Å². The van der Waals surface area contributed by atoms with E-state index in [0.717, 1.165) is 40.6 Å². The van der Waals surface area contributed by atoms with Crippen molar-refractivity contribution in [1.29, 1.82) is 0 Å². The Morgan fingerprint density at radius 3 is 2.78 bits per heavy atom. The van der Waals surface area contributed by atoms with Gasteiger partial charge in [0.15, 0.2) is 5.78 Å². The number of aryl methyl sites for hydroxylation is 2. The second-order valence-electron chi connectivity index (χ2n) is 5.00. The van der Waals surface area contributed by atoms with Gasteiger partial charge >= 0.3 is 0 Å². The minimum Gasteiger partial charge on any atom is -0.497 e. The second kappa shape index (κ2) is 3.87. The van der Waals surface area contributed by atoms with Gasteiger partial charge in [0.1, 0.15) is 5.75 Å². The molecule has 1 aliphatic carbocycles. The molecular weight excluding hydrogens is 226 g/mol. The first kappa shape index (κ1) is 11.3. The van der Waals surface area contributed by atoms with Crippen LogP contribution in [0.1, 0.15) is 34.5 Å². The zero-order valence-electron chi connectivity index (χ0n) is 11.0. The molecule has 1 aliphatic rings. The molecule has 18 heavy (non-hydrogen) atoms. The Balaban J connectivity index is 2.44. The van der Waals surface area contributed by atoms with Crippen LogP contribution in [0.2, 0.25) is 0 Å². The van der Waals surface area contributed by atoms with Crippen LogP contribution in [0, 0.1) is 6.92 Å². The summed E-state index contributed by atoms with van der Waals surface area (Å²) in [5.41, 5.74) is 4.42. The van der Waals surface area contributed by atoms with Crippen molar-refractivity contribution in [3.63, 3.8) is 0 Å². The Morgan fingerprint density at radius 1 is 1.28 bits per heavy atom. The van der Waals surface area contributed by atoms with Crippen LogP contribution in [0.25, 0.3) is 10.9 Å². The fourth-order valence-electron chi connectivity index (χ4n) is 3.10. The first-order valence-electron chi connectivity index (χ1n) is 6.32. The maximum Gasteiger partial charge on any atom is 0.165 e. The Bertz CT molecular complexity index is 652. The molecule has 0 aliphatic heterocycles. The van der Waals surface area contributed by atoms with Gasteiger partial charge in [-0.15, -0.1) is 0 Å². The summed E-state index contributed by atoms with van der Waals surface area (Å²) in [6.45, 7) is 2.07. The van der Waals surface area contributed by atoms with Crippen molar-refractivity contribution in [1.82, 2.24) is 4.57 Å². The van der Waals surface area contributed by atoms with Gasteiger partial charge in [0.25, 0.3) is 0 Å². The van der Waals surface area contributed by atoms with Gasteiger partial charge in [0.2, 0.25) is 0 Å². The van der Waals surface area contributed by atoms with E-state index in [-0.39, 0.29) is 5.78 Å². The van der Waals surface area contributed by atoms with Gasteiger partial charge in [-0.05, 0) is 37.5 Å². The summed E-state index contributed by atoms with van der Waals surface area (Å²) >= 11 is 0. The molecule has 3 heteroatoms. The average molecular weight is 243 g/mol. The lowest BCUT2D eigenvalue weighted by molar-refractivity contribution is 0.0973. The molecule has 0 saturated heterocycles. The Labute approximate surface area is 106 Å². The molecule has 0 saturated carbocycles. The minimum absolute atomic E-state index is 0.273. The van der Waals surface area contributed by atoms with Crippen molar-refractivity contribution in [3.8, 4) is 5.75 Å². The topological polar surface area (TPSA) is 31.2 Å². The number of hydrogen-bond donors (Lipinski definition) is 0. The fraction of sp³-hybridized carbons (Fsp3) is 0.400. The molecule has 0 N–H and O–H groups in total. The van der Waals surface area contributed by atoms with Crippen molar-refractivity contribution in [2.45, 2.75) is 26.2 Å². The molecule has 94 valence electrons. The molecule has 0 radical (unpaired) electrons. The third kappa shape index (κ3) is 1.40. The molecule has 0 bridgehead atoms. The molecule has 0 atom stereocenters. The van der Waals surface area contributed by atoms with E-state index in [2.05, 4.69) is 18.5 Å². The minimum atomic E-state index is 0.273. The highest BCUT2D eigenvalue weighted by Crippen LogP contribution is 2.35. The lowest BCUT2D eigenvalue weighted by atomic mass is 9.94. The molecular formula is C15H17NO2. The van der Waals surface area contributed by atoms with Gasteiger partial charge in [-0.3, -0.25) is 4.79 Å². The lowest BCUT2D eigenvalue weighted by Gasteiger charge is -2.12. The van der Waals surface area contributed by atoms with Crippen LogP contribution in [0.5, 0.6) is 5.75 Å². The molecule has 0 amide bonds. The SMILES string of the molecule is COc1cc(C)c2c(c1)c1c(n2C)CCCC1=O. The highest BCUT2D eigenvalue weighted by atomic mass is 16.5. The van der Waals surface area contributed by atoms with Crippen LogP contribution < -0.4 is 4.74 Å². The van der Waals surface area contributed by atoms with E-state index in [0.29, 0.717) is 6.42 Å². The van der Waals surface area contributed by atoms with E-state index in [1.807, 2.05) is 12.1 Å². The molecule has 3 rings (SSSR count). The number of fused-ring (bicyclic) bond motifs is 3. The Morgan fingerprint density at radius 2 is 2.06 bits per heavy atom. The number of hydrogen-bond acceptors (Lipinski definition) is 2. The Kier molecular flexibility index (Phi) is 2.44. The number of ether oxygens (including phenoxy) is 1. The molecule has 1 aromatic carbocycles. The quantitative estimate of drug-likeness (QED) is 0.771. The summed E-state index contributed by atoms with van der Waals surface area (Å²) in [5.74, 6) is 1.10. The lowest BCUT2D eigenvalue weighted by Crippen LogP contribution is -2.11. The smallest absolute Gasteiger partial charge is 0.165 e. The zero-order valence-corrected chi connectivity index (χ0v) is 11.0. The van der Waals surface area contributed by atoms with Crippen molar-refractivity contribution < 1.29 is 9.53 Å². The van der Waals surface area contributed by atoms with Crippen molar-refractivity contribution in [3.05, 3.63) is 29.0 Å². The predicted octanol–water partition coefficient (Wildman–Crippen LogP) is 3.01. The maximum atomic E-state index is 12.2. The van der Waals surface area contributed by atoms with Crippen LogP contribution in [0.4, 0.5) is 0 Å². The first-order valence-corrected chi connectivity index (χ1v) is 6.32. The third-order valence-electron chi connectivity index (χ3n) is 3.90. The third-order valence-corrected chi connectivity index (χ3v) is 3.90. The molecule has 3 nitrogen and oxygen atoms in total. The van der Waals surface area contributed by atoms with Gasteiger partial charge in [0.05, 0.1) is 12.6 Å². The first-order chi connectivity index (χ1) is 8.63. The van der Waals surface area contributed by atoms with E-state index in [4.69, 9.17) is 4.74 Å². The number of aromatic nitrogens is 1. The van der Waals surface area contributed by atoms with Crippen molar-refractivity contribution >= 4 is 16.7 Å². The summed E-state index contributed by atoms with van der Waals surface area (Å²) in [6, 6.07) is 4.02.